The number of benzene rings is 2. The summed E-state index contributed by atoms with van der Waals surface area (Å²) in [5, 5.41) is 4.49. The van der Waals surface area contributed by atoms with E-state index in [2.05, 4.69) is 76.1 Å². The van der Waals surface area contributed by atoms with Crippen molar-refractivity contribution in [1.29, 1.82) is 0 Å². The zero-order chi connectivity index (χ0) is 20.9. The number of hydrogen-bond donors (Lipinski definition) is 1. The molecular weight excluding hydrogens is 382 g/mol. The Bertz CT molecular complexity index is 1300. The second-order valence-corrected chi connectivity index (χ2v) is 9.16. The van der Waals surface area contributed by atoms with E-state index < -0.39 is 0 Å². The van der Waals surface area contributed by atoms with E-state index >= 15 is 0 Å². The first kappa shape index (κ1) is 18.6. The SMILES string of the molecule is Cc1ccccc1-c1ccc2c(ccc3cc(C(=O)NC4CN5CCC4CC5)cn32)c1. The Morgan fingerprint density at radius 1 is 1.00 bits per heavy atom. The summed E-state index contributed by atoms with van der Waals surface area (Å²) in [5.74, 6) is 0.679. The van der Waals surface area contributed by atoms with Gasteiger partial charge in [0.15, 0.2) is 0 Å². The standard InChI is InChI=1S/C27H27N3O/c1-18-4-2-3-5-24(18)20-7-9-26-21(14-20)6-8-23-15-22(16-30(23)26)27(31)28-25-17-29-12-10-19(25)11-13-29/h2-9,14-16,19,25H,10-13,17H2,1H3,(H,28,31). The molecule has 4 heteroatoms. The molecule has 0 spiro atoms. The molecule has 156 valence electrons. The van der Waals surface area contributed by atoms with E-state index in [4.69, 9.17) is 0 Å². The molecule has 4 aromatic rings. The number of carbonyl (C=O) groups excluding carboxylic acids is 1. The first-order valence-corrected chi connectivity index (χ1v) is 11.3. The fraction of sp³-hybridized carbons (Fsp3) is 0.296. The fourth-order valence-corrected chi connectivity index (χ4v) is 5.47. The summed E-state index contributed by atoms with van der Waals surface area (Å²) < 4.78 is 2.14. The van der Waals surface area contributed by atoms with Gasteiger partial charge in [-0.2, -0.15) is 0 Å². The van der Waals surface area contributed by atoms with Crippen molar-refractivity contribution in [2.45, 2.75) is 25.8 Å². The molecule has 1 N–H and O–H groups in total. The second-order valence-electron chi connectivity index (χ2n) is 9.16. The van der Waals surface area contributed by atoms with Gasteiger partial charge in [0.05, 0.1) is 11.1 Å². The van der Waals surface area contributed by atoms with Crippen LogP contribution < -0.4 is 5.32 Å². The number of nitrogens with one attached hydrogen (secondary N) is 1. The van der Waals surface area contributed by atoms with Gasteiger partial charge in [0, 0.05) is 24.3 Å². The van der Waals surface area contributed by atoms with Crippen LogP contribution in [-0.4, -0.2) is 40.9 Å². The summed E-state index contributed by atoms with van der Waals surface area (Å²) in [7, 11) is 0. The average molecular weight is 410 g/mol. The number of fused-ring (bicyclic) bond motifs is 6. The van der Waals surface area contributed by atoms with Crippen LogP contribution in [0.15, 0.2) is 66.9 Å². The Morgan fingerprint density at radius 2 is 1.84 bits per heavy atom. The molecule has 3 saturated heterocycles. The normalized spacial score (nSPS) is 22.8. The van der Waals surface area contributed by atoms with Gasteiger partial charge in [-0.25, -0.2) is 0 Å². The number of hydrogen-bond acceptors (Lipinski definition) is 2. The molecule has 3 aliphatic heterocycles. The molecule has 3 fully saturated rings. The Balaban J connectivity index is 1.32. The van der Waals surface area contributed by atoms with Crippen molar-refractivity contribution in [3.8, 4) is 11.1 Å². The number of aryl methyl sites for hydroxylation is 1. The van der Waals surface area contributed by atoms with Crippen LogP contribution in [0.25, 0.3) is 27.5 Å². The van der Waals surface area contributed by atoms with Crippen molar-refractivity contribution in [2.24, 2.45) is 5.92 Å². The van der Waals surface area contributed by atoms with Crippen LogP contribution in [0.1, 0.15) is 28.8 Å². The second kappa shape index (κ2) is 7.24. The lowest BCUT2D eigenvalue weighted by atomic mass is 9.84. The predicted octanol–water partition coefficient (Wildman–Crippen LogP) is 4.89. The zero-order valence-corrected chi connectivity index (χ0v) is 17.8. The number of carbonyl (C=O) groups is 1. The van der Waals surface area contributed by atoms with Crippen molar-refractivity contribution in [3.05, 3.63) is 78.0 Å². The molecule has 2 bridgehead atoms. The molecule has 2 aromatic carbocycles. The molecule has 1 unspecified atom stereocenters. The molecule has 4 nitrogen and oxygen atoms in total. The molecule has 1 atom stereocenters. The molecule has 3 aliphatic rings. The van der Waals surface area contributed by atoms with Crippen molar-refractivity contribution in [3.63, 3.8) is 0 Å². The molecular formula is C27H27N3O. The van der Waals surface area contributed by atoms with Crippen molar-refractivity contribution in [2.75, 3.05) is 19.6 Å². The van der Waals surface area contributed by atoms with E-state index in [1.165, 1.54) is 48.0 Å². The molecule has 31 heavy (non-hydrogen) atoms. The number of amides is 1. The van der Waals surface area contributed by atoms with Gasteiger partial charge in [0.2, 0.25) is 0 Å². The smallest absolute Gasteiger partial charge is 0.253 e. The van der Waals surface area contributed by atoms with Gasteiger partial charge in [-0.15, -0.1) is 0 Å². The minimum atomic E-state index is 0.0483. The van der Waals surface area contributed by atoms with Crippen molar-refractivity contribution in [1.82, 2.24) is 14.6 Å². The number of rotatable bonds is 3. The van der Waals surface area contributed by atoms with Crippen LogP contribution in [0.5, 0.6) is 0 Å². The predicted molar refractivity (Wildman–Crippen MR) is 125 cm³/mol. The van der Waals surface area contributed by atoms with Crippen molar-refractivity contribution < 1.29 is 4.79 Å². The van der Waals surface area contributed by atoms with Gasteiger partial charge < -0.3 is 14.6 Å². The zero-order valence-electron chi connectivity index (χ0n) is 17.8. The highest BCUT2D eigenvalue weighted by Crippen LogP contribution is 2.29. The van der Waals surface area contributed by atoms with Gasteiger partial charge in [0.1, 0.15) is 0 Å². The lowest BCUT2D eigenvalue weighted by Gasteiger charge is -2.44. The summed E-state index contributed by atoms with van der Waals surface area (Å²) in [6.45, 7) is 5.51. The number of nitrogens with zero attached hydrogens (tertiary/aromatic N) is 2. The fourth-order valence-electron chi connectivity index (χ4n) is 5.47. The monoisotopic (exact) mass is 409 g/mol. The lowest BCUT2D eigenvalue weighted by molar-refractivity contribution is 0.0620. The third-order valence-electron chi connectivity index (χ3n) is 7.26. The summed E-state index contributed by atoms with van der Waals surface area (Å²) in [5.41, 5.74) is 6.67. The minimum Gasteiger partial charge on any atom is -0.348 e. The van der Waals surface area contributed by atoms with E-state index in [1.54, 1.807) is 0 Å². The summed E-state index contributed by atoms with van der Waals surface area (Å²) in [4.78, 5) is 15.5. The Hall–Kier alpha value is -3.11. The van der Waals surface area contributed by atoms with Gasteiger partial charge in [-0.1, -0.05) is 36.4 Å². The molecule has 0 aliphatic carbocycles. The van der Waals surface area contributed by atoms with E-state index in [9.17, 15) is 4.79 Å². The molecule has 0 radical (unpaired) electrons. The van der Waals surface area contributed by atoms with Crippen LogP contribution >= 0.6 is 0 Å². The maximum Gasteiger partial charge on any atom is 0.253 e. The van der Waals surface area contributed by atoms with Crippen LogP contribution in [0, 0.1) is 12.8 Å². The summed E-state index contributed by atoms with van der Waals surface area (Å²) in [6, 6.07) is 21.6. The average Bonchev–Trinajstić information content (AvgIpc) is 3.25. The topological polar surface area (TPSA) is 36.8 Å². The molecule has 2 aromatic heterocycles. The van der Waals surface area contributed by atoms with E-state index in [0.29, 0.717) is 5.92 Å². The number of pyridine rings is 1. The maximum atomic E-state index is 13.0. The third kappa shape index (κ3) is 3.22. The highest BCUT2D eigenvalue weighted by atomic mass is 16.1. The van der Waals surface area contributed by atoms with Crippen LogP contribution in [0.2, 0.25) is 0 Å². The Labute approximate surface area is 182 Å². The van der Waals surface area contributed by atoms with Gasteiger partial charge in [-0.05, 0) is 85.1 Å². The molecule has 5 heterocycles. The number of piperidine rings is 3. The van der Waals surface area contributed by atoms with E-state index in [1.807, 2.05) is 12.3 Å². The molecule has 0 saturated carbocycles. The van der Waals surface area contributed by atoms with Crippen LogP contribution in [0.3, 0.4) is 0 Å². The first-order valence-electron chi connectivity index (χ1n) is 11.3. The van der Waals surface area contributed by atoms with Gasteiger partial charge in [-0.3, -0.25) is 4.79 Å². The summed E-state index contributed by atoms with van der Waals surface area (Å²) >= 11 is 0. The van der Waals surface area contributed by atoms with Crippen LogP contribution in [-0.2, 0) is 0 Å². The minimum absolute atomic E-state index is 0.0483. The number of aromatic nitrogens is 1. The van der Waals surface area contributed by atoms with Gasteiger partial charge in [0.25, 0.3) is 5.91 Å². The van der Waals surface area contributed by atoms with E-state index in [0.717, 1.165) is 23.1 Å². The molecule has 7 rings (SSSR count). The summed E-state index contributed by atoms with van der Waals surface area (Å²) in [6.07, 6.45) is 4.40. The quantitative estimate of drug-likeness (QED) is 0.523. The lowest BCUT2D eigenvalue weighted by Crippen LogP contribution is -2.57. The van der Waals surface area contributed by atoms with Crippen LogP contribution in [0.4, 0.5) is 0 Å². The Morgan fingerprint density at radius 3 is 2.61 bits per heavy atom. The van der Waals surface area contributed by atoms with Gasteiger partial charge >= 0.3 is 0 Å². The highest BCUT2D eigenvalue weighted by Gasteiger charge is 2.35. The maximum absolute atomic E-state index is 13.0. The Kier molecular flexibility index (Phi) is 4.35. The first-order chi connectivity index (χ1) is 15.2. The molecule has 1 amide bonds. The highest BCUT2D eigenvalue weighted by molar-refractivity contribution is 5.97. The van der Waals surface area contributed by atoms with E-state index in [-0.39, 0.29) is 11.9 Å². The van der Waals surface area contributed by atoms with Crippen molar-refractivity contribution >= 4 is 22.3 Å². The third-order valence-corrected chi connectivity index (χ3v) is 7.26. The largest absolute Gasteiger partial charge is 0.348 e.